The molecule has 1 fully saturated rings. The molecule has 0 unspecified atom stereocenters. The molecule has 1 aromatic carbocycles. The van der Waals surface area contributed by atoms with Crippen molar-refractivity contribution in [3.63, 3.8) is 0 Å². The second-order valence-corrected chi connectivity index (χ2v) is 5.79. The monoisotopic (exact) mass is 247 g/mol. The van der Waals surface area contributed by atoms with E-state index in [0.29, 0.717) is 5.92 Å². The molecule has 1 saturated heterocycles. The van der Waals surface area contributed by atoms with E-state index in [1.54, 1.807) is 0 Å². The minimum absolute atomic E-state index is 0.347. The molecule has 0 aromatic heterocycles. The molecule has 2 rings (SSSR count). The highest BCUT2D eigenvalue weighted by Gasteiger charge is 2.36. The average molecular weight is 247 g/mol. The molecule has 100 valence electrons. The Bertz CT molecular complexity index is 361. The molecular formula is C16H25NO. The third-order valence-electron chi connectivity index (χ3n) is 4.16. The summed E-state index contributed by atoms with van der Waals surface area (Å²) >= 11 is 0. The SMILES string of the molecule is CCCN1CC[C@](C)(O)[C@H](Cc2ccccc2)C1. The van der Waals surface area contributed by atoms with E-state index in [0.717, 1.165) is 32.5 Å². The lowest BCUT2D eigenvalue weighted by Crippen LogP contribution is -2.51. The first-order valence-corrected chi connectivity index (χ1v) is 7.10. The van der Waals surface area contributed by atoms with Crippen LogP contribution < -0.4 is 0 Å². The third kappa shape index (κ3) is 3.33. The highest BCUT2D eigenvalue weighted by Crippen LogP contribution is 2.30. The van der Waals surface area contributed by atoms with Crippen molar-refractivity contribution >= 4 is 0 Å². The first-order valence-electron chi connectivity index (χ1n) is 7.10. The van der Waals surface area contributed by atoms with Crippen LogP contribution in [0.15, 0.2) is 30.3 Å². The van der Waals surface area contributed by atoms with Crippen LogP contribution >= 0.6 is 0 Å². The van der Waals surface area contributed by atoms with E-state index in [9.17, 15) is 5.11 Å². The molecule has 2 atom stereocenters. The summed E-state index contributed by atoms with van der Waals surface area (Å²) in [4.78, 5) is 2.49. The second kappa shape index (κ2) is 5.85. The molecule has 2 heteroatoms. The molecule has 0 amide bonds. The molecule has 0 bridgehead atoms. The van der Waals surface area contributed by atoms with E-state index >= 15 is 0 Å². The maximum Gasteiger partial charge on any atom is 0.0675 e. The summed E-state index contributed by atoms with van der Waals surface area (Å²) < 4.78 is 0. The first kappa shape index (κ1) is 13.6. The van der Waals surface area contributed by atoms with E-state index in [1.165, 1.54) is 12.0 Å². The van der Waals surface area contributed by atoms with Crippen molar-refractivity contribution in [2.75, 3.05) is 19.6 Å². The lowest BCUT2D eigenvalue weighted by Gasteiger charge is -2.43. The number of likely N-dealkylation sites (tertiary alicyclic amines) is 1. The van der Waals surface area contributed by atoms with Crippen LogP contribution in [0.3, 0.4) is 0 Å². The van der Waals surface area contributed by atoms with E-state index in [4.69, 9.17) is 0 Å². The number of piperidine rings is 1. The second-order valence-electron chi connectivity index (χ2n) is 5.79. The van der Waals surface area contributed by atoms with Gasteiger partial charge < -0.3 is 10.0 Å². The fraction of sp³-hybridized carbons (Fsp3) is 0.625. The molecule has 1 aliphatic rings. The van der Waals surface area contributed by atoms with E-state index in [2.05, 4.69) is 36.1 Å². The summed E-state index contributed by atoms with van der Waals surface area (Å²) in [6.07, 6.45) is 3.07. The van der Waals surface area contributed by atoms with Crippen molar-refractivity contribution in [1.29, 1.82) is 0 Å². The zero-order valence-electron chi connectivity index (χ0n) is 11.6. The molecule has 0 radical (unpaired) electrons. The molecule has 0 spiro atoms. The maximum atomic E-state index is 10.6. The number of hydrogen-bond acceptors (Lipinski definition) is 2. The van der Waals surface area contributed by atoms with Crippen LogP contribution in [0.1, 0.15) is 32.3 Å². The summed E-state index contributed by atoms with van der Waals surface area (Å²) in [5.74, 6) is 0.347. The van der Waals surface area contributed by atoms with Crippen molar-refractivity contribution in [2.45, 2.75) is 38.7 Å². The molecular weight excluding hydrogens is 222 g/mol. The van der Waals surface area contributed by atoms with Crippen LogP contribution in [-0.2, 0) is 6.42 Å². The standard InChI is InChI=1S/C16H25NO/c1-3-10-17-11-9-16(2,18)15(13-17)12-14-7-5-4-6-8-14/h4-8,15,18H,3,9-13H2,1-2H3/t15-,16+/m1/s1. The van der Waals surface area contributed by atoms with Crippen molar-refractivity contribution in [3.05, 3.63) is 35.9 Å². The van der Waals surface area contributed by atoms with Gasteiger partial charge in [0.2, 0.25) is 0 Å². The molecule has 1 heterocycles. The largest absolute Gasteiger partial charge is 0.390 e. The third-order valence-corrected chi connectivity index (χ3v) is 4.16. The van der Waals surface area contributed by atoms with Gasteiger partial charge in [0.15, 0.2) is 0 Å². The van der Waals surface area contributed by atoms with Crippen LogP contribution in [0.5, 0.6) is 0 Å². The van der Waals surface area contributed by atoms with Crippen molar-refractivity contribution in [2.24, 2.45) is 5.92 Å². The minimum atomic E-state index is -0.514. The lowest BCUT2D eigenvalue weighted by atomic mass is 9.79. The van der Waals surface area contributed by atoms with Gasteiger partial charge in [-0.15, -0.1) is 0 Å². The first-order chi connectivity index (χ1) is 8.62. The van der Waals surface area contributed by atoms with Gasteiger partial charge in [-0.05, 0) is 38.3 Å². The molecule has 0 aliphatic carbocycles. The average Bonchev–Trinajstić information content (AvgIpc) is 2.35. The quantitative estimate of drug-likeness (QED) is 0.884. The maximum absolute atomic E-state index is 10.6. The zero-order valence-corrected chi connectivity index (χ0v) is 11.6. The van der Waals surface area contributed by atoms with Crippen molar-refractivity contribution < 1.29 is 5.11 Å². The van der Waals surface area contributed by atoms with Crippen LogP contribution in [-0.4, -0.2) is 35.2 Å². The zero-order chi connectivity index (χ0) is 13.0. The van der Waals surface area contributed by atoms with Gasteiger partial charge in [-0.3, -0.25) is 0 Å². The van der Waals surface area contributed by atoms with Crippen molar-refractivity contribution in [3.8, 4) is 0 Å². The fourth-order valence-corrected chi connectivity index (χ4v) is 2.89. The Morgan fingerprint density at radius 3 is 2.72 bits per heavy atom. The lowest BCUT2D eigenvalue weighted by molar-refractivity contribution is -0.0573. The fourth-order valence-electron chi connectivity index (χ4n) is 2.89. The van der Waals surface area contributed by atoms with Gasteiger partial charge in [-0.2, -0.15) is 0 Å². The Morgan fingerprint density at radius 2 is 2.06 bits per heavy atom. The molecule has 1 aliphatic heterocycles. The Balaban J connectivity index is 2.03. The molecule has 18 heavy (non-hydrogen) atoms. The van der Waals surface area contributed by atoms with Gasteiger partial charge in [0.1, 0.15) is 0 Å². The van der Waals surface area contributed by atoms with E-state index in [1.807, 2.05) is 13.0 Å². The van der Waals surface area contributed by atoms with Gasteiger partial charge in [-0.25, -0.2) is 0 Å². The molecule has 1 aromatic rings. The topological polar surface area (TPSA) is 23.5 Å². The van der Waals surface area contributed by atoms with E-state index < -0.39 is 5.60 Å². The Kier molecular flexibility index (Phi) is 4.41. The van der Waals surface area contributed by atoms with Gasteiger partial charge in [0.25, 0.3) is 0 Å². The van der Waals surface area contributed by atoms with Gasteiger partial charge in [0.05, 0.1) is 5.60 Å². The Labute approximate surface area is 111 Å². The van der Waals surface area contributed by atoms with E-state index in [-0.39, 0.29) is 0 Å². The molecule has 2 nitrogen and oxygen atoms in total. The van der Waals surface area contributed by atoms with Crippen LogP contribution in [0, 0.1) is 5.92 Å². The smallest absolute Gasteiger partial charge is 0.0675 e. The normalized spacial score (nSPS) is 29.4. The Hall–Kier alpha value is -0.860. The number of nitrogens with zero attached hydrogens (tertiary/aromatic N) is 1. The summed E-state index contributed by atoms with van der Waals surface area (Å²) in [5.41, 5.74) is 0.821. The molecule has 1 N–H and O–H groups in total. The molecule has 0 saturated carbocycles. The summed E-state index contributed by atoms with van der Waals surface area (Å²) in [7, 11) is 0. The summed E-state index contributed by atoms with van der Waals surface area (Å²) in [6.45, 7) is 7.44. The summed E-state index contributed by atoms with van der Waals surface area (Å²) in [5, 5.41) is 10.6. The summed E-state index contributed by atoms with van der Waals surface area (Å²) in [6, 6.07) is 10.5. The number of rotatable bonds is 4. The van der Waals surface area contributed by atoms with Crippen LogP contribution in [0.25, 0.3) is 0 Å². The highest BCUT2D eigenvalue weighted by molar-refractivity contribution is 5.16. The predicted molar refractivity (Wildman–Crippen MR) is 75.6 cm³/mol. The Morgan fingerprint density at radius 1 is 1.33 bits per heavy atom. The van der Waals surface area contributed by atoms with Gasteiger partial charge in [-0.1, -0.05) is 37.3 Å². The van der Waals surface area contributed by atoms with Crippen LogP contribution in [0.2, 0.25) is 0 Å². The minimum Gasteiger partial charge on any atom is -0.390 e. The van der Waals surface area contributed by atoms with Crippen molar-refractivity contribution in [1.82, 2.24) is 4.90 Å². The number of aliphatic hydroxyl groups is 1. The van der Waals surface area contributed by atoms with Crippen LogP contribution in [0.4, 0.5) is 0 Å². The van der Waals surface area contributed by atoms with Gasteiger partial charge >= 0.3 is 0 Å². The predicted octanol–water partition coefficient (Wildman–Crippen LogP) is 2.71. The number of benzene rings is 1. The van der Waals surface area contributed by atoms with Gasteiger partial charge in [0, 0.05) is 19.0 Å². The number of hydrogen-bond donors (Lipinski definition) is 1. The highest BCUT2D eigenvalue weighted by atomic mass is 16.3.